The fraction of sp³-hybridized carbons (Fsp3) is 0.833. The number of rotatable bonds is 0. The van der Waals surface area contributed by atoms with Crippen LogP contribution < -0.4 is 0 Å². The molecule has 2 atom stereocenters. The van der Waals surface area contributed by atoms with Gasteiger partial charge in [0.15, 0.2) is 0 Å². The molecule has 1 fully saturated rings. The molecule has 0 aromatic rings. The normalized spacial score (nSPS) is 36.9. The monoisotopic (exact) mass is 240 g/mol. The molecule has 1 rings (SSSR count). The second kappa shape index (κ2) is 2.96. The molecule has 2 unspecified atom stereocenters. The van der Waals surface area contributed by atoms with Crippen molar-refractivity contribution in [3.63, 3.8) is 0 Å². The third-order valence-electron chi connectivity index (χ3n) is 1.57. The Kier molecular flexibility index (Phi) is 2.46. The Bertz CT molecular complexity index is 124. The lowest BCUT2D eigenvalue weighted by molar-refractivity contribution is -0.121. The van der Waals surface area contributed by atoms with Gasteiger partial charge in [-0.15, -0.1) is 0 Å². The summed E-state index contributed by atoms with van der Waals surface area (Å²) in [4.78, 5) is 10.8. The van der Waals surface area contributed by atoms with Crippen molar-refractivity contribution < 1.29 is 9.90 Å². The number of carbonyl (C=O) groups is 1. The van der Waals surface area contributed by atoms with E-state index in [1.54, 1.807) is 0 Å². The zero-order chi connectivity index (χ0) is 6.85. The second-order valence-electron chi connectivity index (χ2n) is 2.33. The van der Waals surface area contributed by atoms with Gasteiger partial charge in [0.2, 0.25) is 0 Å². The maximum atomic E-state index is 10.8. The Hall–Kier alpha value is 0.360. The van der Waals surface area contributed by atoms with E-state index < -0.39 is 0 Å². The van der Waals surface area contributed by atoms with Crippen LogP contribution in [0.25, 0.3) is 0 Å². The van der Waals surface area contributed by atoms with Gasteiger partial charge in [0.05, 0.1) is 10.0 Å². The molecular weight excluding hydrogens is 231 g/mol. The van der Waals surface area contributed by atoms with Crippen molar-refractivity contribution in [1.82, 2.24) is 0 Å². The van der Waals surface area contributed by atoms with Gasteiger partial charge in [0.1, 0.15) is 5.78 Å². The number of alkyl halides is 1. The number of hydrogen-bond donors (Lipinski definition) is 1. The molecule has 1 aliphatic carbocycles. The van der Waals surface area contributed by atoms with Crippen molar-refractivity contribution in [2.24, 2.45) is 0 Å². The quantitative estimate of drug-likeness (QED) is 0.504. The van der Waals surface area contributed by atoms with Crippen LogP contribution in [-0.4, -0.2) is 20.9 Å². The van der Waals surface area contributed by atoms with E-state index >= 15 is 0 Å². The van der Waals surface area contributed by atoms with Crippen molar-refractivity contribution in [1.29, 1.82) is 0 Å². The van der Waals surface area contributed by atoms with Crippen LogP contribution in [0.4, 0.5) is 0 Å². The van der Waals surface area contributed by atoms with Gasteiger partial charge in [-0.3, -0.25) is 4.79 Å². The van der Waals surface area contributed by atoms with Gasteiger partial charge in [-0.05, 0) is 12.8 Å². The van der Waals surface area contributed by atoms with Crippen LogP contribution in [0.1, 0.15) is 19.3 Å². The number of aliphatic hydroxyl groups excluding tert-OH is 1. The first-order valence-electron chi connectivity index (χ1n) is 3.06. The summed E-state index contributed by atoms with van der Waals surface area (Å²) in [6, 6.07) is 0. The first kappa shape index (κ1) is 7.47. The van der Waals surface area contributed by atoms with Crippen LogP contribution in [0.3, 0.4) is 0 Å². The molecule has 0 aromatic carbocycles. The largest absolute Gasteiger partial charge is 0.392 e. The van der Waals surface area contributed by atoms with Crippen molar-refractivity contribution in [2.45, 2.75) is 29.3 Å². The average Bonchev–Trinajstić information content (AvgIpc) is 1.83. The minimum absolute atomic E-state index is 0.142. The molecule has 1 saturated carbocycles. The lowest BCUT2D eigenvalue weighted by atomic mass is 9.97. The maximum absolute atomic E-state index is 10.8. The second-order valence-corrected chi connectivity index (χ2v) is 3.67. The van der Waals surface area contributed by atoms with Gasteiger partial charge in [-0.25, -0.2) is 0 Å². The first-order chi connectivity index (χ1) is 4.22. The SMILES string of the molecule is O=C1CCCC(O)C1I. The minimum Gasteiger partial charge on any atom is -0.392 e. The van der Waals surface area contributed by atoms with Crippen LogP contribution in [0.2, 0.25) is 0 Å². The Labute approximate surface area is 67.8 Å². The van der Waals surface area contributed by atoms with Gasteiger partial charge in [0, 0.05) is 6.42 Å². The standard InChI is InChI=1S/C6H9IO2/c7-6-4(8)2-1-3-5(6)9/h4,6,8H,1-3H2. The molecule has 0 spiro atoms. The van der Waals surface area contributed by atoms with E-state index in [2.05, 4.69) is 0 Å². The molecule has 0 amide bonds. The Morgan fingerprint density at radius 3 is 2.78 bits per heavy atom. The number of carbonyl (C=O) groups excluding carboxylic acids is 1. The number of Topliss-reactive ketones (excluding diaryl/α,β-unsaturated/α-hetero) is 1. The highest BCUT2D eigenvalue weighted by Gasteiger charge is 2.27. The number of halogens is 1. The van der Waals surface area contributed by atoms with Gasteiger partial charge < -0.3 is 5.11 Å². The van der Waals surface area contributed by atoms with E-state index in [1.807, 2.05) is 22.6 Å². The summed E-state index contributed by atoms with van der Waals surface area (Å²) in [5.74, 6) is 0.203. The van der Waals surface area contributed by atoms with Gasteiger partial charge in [0.25, 0.3) is 0 Å². The van der Waals surface area contributed by atoms with E-state index in [0.717, 1.165) is 12.8 Å². The third kappa shape index (κ3) is 1.64. The van der Waals surface area contributed by atoms with Gasteiger partial charge >= 0.3 is 0 Å². The maximum Gasteiger partial charge on any atom is 0.148 e. The molecular formula is C6H9IO2. The van der Waals surface area contributed by atoms with Crippen LogP contribution in [-0.2, 0) is 4.79 Å². The highest BCUT2D eigenvalue weighted by molar-refractivity contribution is 14.1. The minimum atomic E-state index is -0.383. The van der Waals surface area contributed by atoms with Crippen LogP contribution >= 0.6 is 22.6 Å². The van der Waals surface area contributed by atoms with E-state index in [1.165, 1.54) is 0 Å². The molecule has 52 valence electrons. The highest BCUT2D eigenvalue weighted by Crippen LogP contribution is 2.21. The fourth-order valence-corrected chi connectivity index (χ4v) is 1.66. The molecule has 1 N–H and O–H groups in total. The third-order valence-corrected chi connectivity index (χ3v) is 3.09. The van der Waals surface area contributed by atoms with Crippen LogP contribution in [0.5, 0.6) is 0 Å². The summed E-state index contributed by atoms with van der Waals surface area (Å²) >= 11 is 2.01. The van der Waals surface area contributed by atoms with Crippen molar-refractivity contribution in [3.05, 3.63) is 0 Å². The van der Waals surface area contributed by atoms with E-state index in [4.69, 9.17) is 5.11 Å². The number of hydrogen-bond acceptors (Lipinski definition) is 2. The zero-order valence-electron chi connectivity index (χ0n) is 5.01. The summed E-state index contributed by atoms with van der Waals surface area (Å²) in [6.45, 7) is 0. The topological polar surface area (TPSA) is 37.3 Å². The zero-order valence-corrected chi connectivity index (χ0v) is 7.17. The van der Waals surface area contributed by atoms with E-state index in [0.29, 0.717) is 6.42 Å². The fourth-order valence-electron chi connectivity index (χ4n) is 0.984. The molecule has 0 aromatic heterocycles. The first-order valence-corrected chi connectivity index (χ1v) is 4.31. The molecule has 0 saturated heterocycles. The smallest absolute Gasteiger partial charge is 0.148 e. The van der Waals surface area contributed by atoms with E-state index in [9.17, 15) is 4.79 Å². The van der Waals surface area contributed by atoms with Gasteiger partial charge in [-0.2, -0.15) is 0 Å². The Morgan fingerprint density at radius 2 is 2.33 bits per heavy atom. The highest BCUT2D eigenvalue weighted by atomic mass is 127. The summed E-state index contributed by atoms with van der Waals surface area (Å²) in [5, 5.41) is 9.12. The average molecular weight is 240 g/mol. The van der Waals surface area contributed by atoms with Crippen molar-refractivity contribution in [3.8, 4) is 0 Å². The van der Waals surface area contributed by atoms with Crippen LogP contribution in [0, 0.1) is 0 Å². The number of ketones is 1. The Morgan fingerprint density at radius 1 is 1.67 bits per heavy atom. The summed E-state index contributed by atoms with van der Waals surface area (Å²) in [6.07, 6.45) is 1.93. The molecule has 9 heavy (non-hydrogen) atoms. The van der Waals surface area contributed by atoms with Crippen molar-refractivity contribution in [2.75, 3.05) is 0 Å². The molecule has 0 heterocycles. The van der Waals surface area contributed by atoms with E-state index in [-0.39, 0.29) is 15.8 Å². The molecule has 0 radical (unpaired) electrons. The summed E-state index contributed by atoms with van der Waals surface area (Å²) in [5.41, 5.74) is 0. The number of aliphatic hydroxyl groups is 1. The lowest BCUT2D eigenvalue weighted by Gasteiger charge is -2.20. The Balaban J connectivity index is 2.51. The molecule has 1 aliphatic rings. The molecule has 2 nitrogen and oxygen atoms in total. The molecule has 3 heteroatoms. The lowest BCUT2D eigenvalue weighted by Crippen LogP contribution is -2.32. The molecule has 0 bridgehead atoms. The van der Waals surface area contributed by atoms with Crippen molar-refractivity contribution >= 4 is 28.4 Å². The van der Waals surface area contributed by atoms with Crippen LogP contribution in [0.15, 0.2) is 0 Å². The summed E-state index contributed by atoms with van der Waals surface area (Å²) < 4.78 is -0.142. The molecule has 0 aliphatic heterocycles. The predicted octanol–water partition coefficient (Wildman–Crippen LogP) is 0.904. The predicted molar refractivity (Wildman–Crippen MR) is 42.7 cm³/mol. The summed E-state index contributed by atoms with van der Waals surface area (Å²) in [7, 11) is 0. The van der Waals surface area contributed by atoms with Gasteiger partial charge in [-0.1, -0.05) is 22.6 Å².